The van der Waals surface area contributed by atoms with E-state index >= 15 is 0 Å². The number of hydrogen-bond acceptors (Lipinski definition) is 4. The molecule has 6 nitrogen and oxygen atoms in total. The largest absolute Gasteiger partial charge is 0.496 e. The van der Waals surface area contributed by atoms with Crippen molar-refractivity contribution in [3.05, 3.63) is 113 Å². The van der Waals surface area contributed by atoms with Gasteiger partial charge in [0, 0.05) is 28.4 Å². The van der Waals surface area contributed by atoms with Gasteiger partial charge < -0.3 is 14.8 Å². The molecule has 1 aromatic heterocycles. The number of carbonyl (C=O) groups excluding carboxylic acids is 1. The van der Waals surface area contributed by atoms with Crippen LogP contribution in [0.2, 0.25) is 5.02 Å². The Morgan fingerprint density at radius 2 is 1.97 bits per heavy atom. The van der Waals surface area contributed by atoms with E-state index in [2.05, 4.69) is 10.4 Å². The summed E-state index contributed by atoms with van der Waals surface area (Å²) in [5.74, 6) is 0.721. The molecule has 0 saturated heterocycles. The van der Waals surface area contributed by atoms with E-state index in [0.717, 1.165) is 16.9 Å². The van der Waals surface area contributed by atoms with Gasteiger partial charge in [-0.2, -0.15) is 5.10 Å². The van der Waals surface area contributed by atoms with Crippen molar-refractivity contribution in [1.29, 1.82) is 0 Å². The van der Waals surface area contributed by atoms with Gasteiger partial charge in [0.1, 0.15) is 23.9 Å². The number of nitrogens with one attached hydrogen (secondary N) is 1. The lowest BCUT2D eigenvalue weighted by Gasteiger charge is -2.11. The van der Waals surface area contributed by atoms with E-state index in [1.807, 2.05) is 48.5 Å². The highest BCUT2D eigenvalue weighted by Gasteiger charge is 2.10. The summed E-state index contributed by atoms with van der Waals surface area (Å²) in [4.78, 5) is 12.4. The van der Waals surface area contributed by atoms with Crippen molar-refractivity contribution in [2.75, 3.05) is 12.4 Å². The molecule has 0 aliphatic rings. The molecule has 0 radical (unpaired) electrons. The molecule has 4 aromatic rings. The van der Waals surface area contributed by atoms with Crippen molar-refractivity contribution in [3.8, 4) is 11.5 Å². The molecule has 0 bridgehead atoms. The number of anilines is 1. The minimum absolute atomic E-state index is 0.150. The summed E-state index contributed by atoms with van der Waals surface area (Å²) in [5.41, 5.74) is 2.49. The molecule has 0 aliphatic carbocycles. The van der Waals surface area contributed by atoms with Crippen molar-refractivity contribution in [3.63, 3.8) is 0 Å². The Morgan fingerprint density at radius 1 is 1.14 bits per heavy atom. The highest BCUT2D eigenvalue weighted by atomic mass is 35.5. The Labute approximate surface area is 207 Å². The third kappa shape index (κ3) is 6.49. The second-order valence-electron chi connectivity index (χ2n) is 7.62. The molecule has 0 saturated carbocycles. The van der Waals surface area contributed by atoms with Crippen LogP contribution in [0.3, 0.4) is 0 Å². The summed E-state index contributed by atoms with van der Waals surface area (Å²) >= 11 is 6.08. The van der Waals surface area contributed by atoms with E-state index in [4.69, 9.17) is 21.1 Å². The summed E-state index contributed by atoms with van der Waals surface area (Å²) in [6.45, 7) is 0.475. The van der Waals surface area contributed by atoms with Gasteiger partial charge in [0.15, 0.2) is 0 Å². The normalized spacial score (nSPS) is 10.9. The summed E-state index contributed by atoms with van der Waals surface area (Å²) < 4.78 is 26.8. The number of ether oxygens (including phenoxy) is 2. The number of halogens is 2. The van der Waals surface area contributed by atoms with Crippen molar-refractivity contribution in [1.82, 2.24) is 9.78 Å². The summed E-state index contributed by atoms with van der Waals surface area (Å²) in [6, 6.07) is 19.6. The van der Waals surface area contributed by atoms with Crippen LogP contribution in [0.25, 0.3) is 6.08 Å². The van der Waals surface area contributed by atoms with E-state index in [1.165, 1.54) is 23.0 Å². The van der Waals surface area contributed by atoms with Gasteiger partial charge >= 0.3 is 0 Å². The molecule has 1 N–H and O–H groups in total. The third-order valence-electron chi connectivity index (χ3n) is 5.15. The van der Waals surface area contributed by atoms with Gasteiger partial charge in [-0.15, -0.1) is 0 Å². The SMILES string of the molecule is COc1ccc(/C=C/C(=O)Nc2cnn(Cc3c(F)cccc3Cl)c2)cc1COc1ccccc1. The first-order valence-corrected chi connectivity index (χ1v) is 11.2. The lowest BCUT2D eigenvalue weighted by Crippen LogP contribution is -2.07. The molecule has 0 fully saturated rings. The summed E-state index contributed by atoms with van der Waals surface area (Å²) in [6.07, 6.45) is 6.23. The molecule has 0 unspecified atom stereocenters. The van der Waals surface area contributed by atoms with Crippen LogP contribution in [-0.4, -0.2) is 22.8 Å². The molecule has 3 aromatic carbocycles. The number of aromatic nitrogens is 2. The first kappa shape index (κ1) is 24.0. The average Bonchev–Trinajstić information content (AvgIpc) is 3.31. The first-order valence-electron chi connectivity index (χ1n) is 10.8. The zero-order valence-electron chi connectivity index (χ0n) is 18.9. The molecule has 35 heavy (non-hydrogen) atoms. The van der Waals surface area contributed by atoms with E-state index in [-0.39, 0.29) is 12.5 Å². The molecule has 8 heteroatoms. The monoisotopic (exact) mass is 491 g/mol. The Balaban J connectivity index is 1.38. The fourth-order valence-electron chi connectivity index (χ4n) is 3.41. The fourth-order valence-corrected chi connectivity index (χ4v) is 3.63. The van der Waals surface area contributed by atoms with Crippen LogP contribution in [0.15, 0.2) is 85.2 Å². The van der Waals surface area contributed by atoms with Crippen LogP contribution in [0, 0.1) is 5.82 Å². The molecule has 178 valence electrons. The number of carbonyl (C=O) groups is 1. The topological polar surface area (TPSA) is 65.4 Å². The van der Waals surface area contributed by atoms with Crippen LogP contribution in [0.5, 0.6) is 11.5 Å². The molecule has 0 aliphatic heterocycles. The second-order valence-corrected chi connectivity index (χ2v) is 8.03. The molecule has 1 heterocycles. The van der Waals surface area contributed by atoms with Crippen LogP contribution in [0.4, 0.5) is 10.1 Å². The number of methoxy groups -OCH3 is 1. The minimum atomic E-state index is -0.408. The van der Waals surface area contributed by atoms with Crippen molar-refractivity contribution < 1.29 is 18.7 Å². The van der Waals surface area contributed by atoms with Crippen LogP contribution in [-0.2, 0) is 17.9 Å². The third-order valence-corrected chi connectivity index (χ3v) is 5.51. The first-order chi connectivity index (χ1) is 17.0. The van der Waals surface area contributed by atoms with Gasteiger partial charge in [-0.05, 0) is 48.0 Å². The maximum absolute atomic E-state index is 14.0. The molecule has 4 rings (SSSR count). The lowest BCUT2D eigenvalue weighted by molar-refractivity contribution is -0.111. The van der Waals surface area contributed by atoms with E-state index in [1.54, 1.807) is 31.5 Å². The predicted molar refractivity (Wildman–Crippen MR) is 134 cm³/mol. The van der Waals surface area contributed by atoms with Crippen LogP contribution in [0.1, 0.15) is 16.7 Å². The van der Waals surface area contributed by atoms with Gasteiger partial charge in [0.05, 0.1) is 25.5 Å². The van der Waals surface area contributed by atoms with Crippen molar-refractivity contribution >= 4 is 29.3 Å². The van der Waals surface area contributed by atoms with Gasteiger partial charge in [-0.1, -0.05) is 41.9 Å². The van der Waals surface area contributed by atoms with Gasteiger partial charge in [0.2, 0.25) is 5.91 Å². The number of amides is 1. The maximum atomic E-state index is 14.0. The van der Waals surface area contributed by atoms with E-state index < -0.39 is 5.82 Å². The molecular weight excluding hydrogens is 469 g/mol. The quantitative estimate of drug-likeness (QED) is 0.293. The van der Waals surface area contributed by atoms with E-state index in [9.17, 15) is 9.18 Å². The Kier molecular flexibility index (Phi) is 7.80. The average molecular weight is 492 g/mol. The lowest BCUT2D eigenvalue weighted by atomic mass is 10.1. The minimum Gasteiger partial charge on any atom is -0.496 e. The Hall–Kier alpha value is -4.10. The molecule has 1 amide bonds. The van der Waals surface area contributed by atoms with Crippen molar-refractivity contribution in [2.24, 2.45) is 0 Å². The van der Waals surface area contributed by atoms with E-state index in [0.29, 0.717) is 28.6 Å². The van der Waals surface area contributed by atoms with Gasteiger partial charge in [-0.3, -0.25) is 9.48 Å². The summed E-state index contributed by atoms with van der Waals surface area (Å²) in [7, 11) is 1.60. The highest BCUT2D eigenvalue weighted by Crippen LogP contribution is 2.23. The number of nitrogens with zero attached hydrogens (tertiary/aromatic N) is 2. The van der Waals surface area contributed by atoms with Gasteiger partial charge in [0.25, 0.3) is 0 Å². The molecule has 0 spiro atoms. The van der Waals surface area contributed by atoms with Gasteiger partial charge in [-0.25, -0.2) is 4.39 Å². The number of para-hydroxylation sites is 1. The van der Waals surface area contributed by atoms with Crippen LogP contribution >= 0.6 is 11.6 Å². The number of rotatable bonds is 9. The Bertz CT molecular complexity index is 1320. The number of benzene rings is 3. The van der Waals surface area contributed by atoms with Crippen LogP contribution < -0.4 is 14.8 Å². The molecule has 0 atom stereocenters. The zero-order chi connectivity index (χ0) is 24.6. The number of hydrogen-bond donors (Lipinski definition) is 1. The predicted octanol–water partition coefficient (Wildman–Crippen LogP) is 5.96. The maximum Gasteiger partial charge on any atom is 0.248 e. The summed E-state index contributed by atoms with van der Waals surface area (Å²) in [5, 5.41) is 7.23. The smallest absolute Gasteiger partial charge is 0.248 e. The Morgan fingerprint density at radius 3 is 2.74 bits per heavy atom. The zero-order valence-corrected chi connectivity index (χ0v) is 19.7. The highest BCUT2D eigenvalue weighted by molar-refractivity contribution is 6.31. The molecular formula is C27H23ClFN3O3. The fraction of sp³-hybridized carbons (Fsp3) is 0.111. The second kappa shape index (κ2) is 11.4. The standard InChI is InChI=1S/C27H23ClFN3O3/c1-34-26-12-10-19(14-20(26)18-35-22-6-3-2-4-7-22)11-13-27(33)31-21-15-30-32(16-21)17-23-24(28)8-5-9-25(23)29/h2-16H,17-18H2,1H3,(H,31,33)/b13-11+. The van der Waals surface area contributed by atoms with Crippen molar-refractivity contribution in [2.45, 2.75) is 13.2 Å².